The summed E-state index contributed by atoms with van der Waals surface area (Å²) in [4.78, 5) is 17.2. The first-order valence-electron chi connectivity index (χ1n) is 10.5. The number of alkyl halides is 3. The van der Waals surface area contributed by atoms with Crippen LogP contribution in [0.4, 0.5) is 19.1 Å². The lowest BCUT2D eigenvalue weighted by Gasteiger charge is -2.34. The summed E-state index contributed by atoms with van der Waals surface area (Å²) in [7, 11) is 0. The average Bonchev–Trinajstić information content (AvgIpc) is 3.47. The molecule has 0 saturated carbocycles. The third-order valence-corrected chi connectivity index (χ3v) is 6.24. The van der Waals surface area contributed by atoms with Crippen LogP contribution < -0.4 is 5.32 Å². The Balaban J connectivity index is 1.56. The molecule has 0 fully saturated rings. The summed E-state index contributed by atoms with van der Waals surface area (Å²) in [5.41, 5.74) is 1.67. The monoisotopic (exact) mass is 450 g/mol. The van der Waals surface area contributed by atoms with E-state index >= 15 is 0 Å². The second-order valence-electron chi connectivity index (χ2n) is 8.23. The van der Waals surface area contributed by atoms with Crippen molar-refractivity contribution in [1.29, 1.82) is 0 Å². The van der Waals surface area contributed by atoms with E-state index in [1.165, 1.54) is 4.68 Å². The Hall–Kier alpha value is -3.88. The highest BCUT2D eigenvalue weighted by molar-refractivity contribution is 6.01. The van der Waals surface area contributed by atoms with Crippen LogP contribution in [0.2, 0.25) is 0 Å². The lowest BCUT2D eigenvalue weighted by molar-refractivity contribution is -0.145. The lowest BCUT2D eigenvalue weighted by atomic mass is 9.79. The number of ketones is 1. The quantitative estimate of drug-likeness (QED) is 0.439. The van der Waals surface area contributed by atoms with E-state index in [1.807, 2.05) is 42.5 Å². The van der Waals surface area contributed by atoms with Crippen LogP contribution in [0, 0.1) is 0 Å². The van der Waals surface area contributed by atoms with Gasteiger partial charge in [-0.3, -0.25) is 4.79 Å². The Kier molecular flexibility index (Phi) is 4.23. The highest BCUT2D eigenvalue weighted by Crippen LogP contribution is 2.46. The molecule has 4 aromatic rings. The molecule has 2 atom stereocenters. The van der Waals surface area contributed by atoms with Gasteiger partial charge in [-0.15, -0.1) is 5.10 Å². The molecule has 0 radical (unpaired) electrons. The predicted molar refractivity (Wildman–Crippen MR) is 113 cm³/mol. The third kappa shape index (κ3) is 3.14. The molecule has 166 valence electrons. The summed E-state index contributed by atoms with van der Waals surface area (Å²) in [6, 6.07) is 15.9. The molecule has 2 aromatic heterocycles. The topological polar surface area (TPSA) is 73.0 Å². The lowest BCUT2D eigenvalue weighted by Crippen LogP contribution is -2.33. The van der Waals surface area contributed by atoms with E-state index in [2.05, 4.69) is 15.4 Å². The smallest absolute Gasteiger partial charge is 0.453 e. The van der Waals surface area contributed by atoms with Crippen LogP contribution in [0.15, 0.2) is 76.5 Å². The summed E-state index contributed by atoms with van der Waals surface area (Å²) in [6.07, 6.45) is -2.55. The fourth-order valence-electron chi connectivity index (χ4n) is 4.83. The van der Waals surface area contributed by atoms with Crippen molar-refractivity contribution in [1.82, 2.24) is 14.8 Å². The number of aromatic nitrogens is 3. The Labute approximate surface area is 185 Å². The van der Waals surface area contributed by atoms with E-state index in [0.717, 1.165) is 10.8 Å². The Morgan fingerprint density at radius 2 is 1.85 bits per heavy atom. The van der Waals surface area contributed by atoms with Crippen molar-refractivity contribution < 1.29 is 22.4 Å². The van der Waals surface area contributed by atoms with Gasteiger partial charge >= 0.3 is 6.18 Å². The van der Waals surface area contributed by atoms with Gasteiger partial charge in [0.2, 0.25) is 5.95 Å². The number of hydrogen-bond acceptors (Lipinski definition) is 5. The fraction of sp³-hybridized carbons (Fsp3) is 0.208. The number of nitrogens with zero attached hydrogens (tertiary/aromatic N) is 3. The largest absolute Gasteiger partial charge is 0.469 e. The van der Waals surface area contributed by atoms with Gasteiger partial charge < -0.3 is 9.73 Å². The van der Waals surface area contributed by atoms with Crippen molar-refractivity contribution in [2.24, 2.45) is 0 Å². The maximum Gasteiger partial charge on any atom is 0.453 e. The van der Waals surface area contributed by atoms with Crippen LogP contribution >= 0.6 is 0 Å². The molecule has 1 aliphatic carbocycles. The molecule has 1 N–H and O–H groups in total. The first-order valence-corrected chi connectivity index (χ1v) is 10.5. The van der Waals surface area contributed by atoms with Crippen LogP contribution in [0.25, 0.3) is 10.8 Å². The van der Waals surface area contributed by atoms with E-state index in [9.17, 15) is 18.0 Å². The molecular weight excluding hydrogens is 433 g/mol. The zero-order valence-electron chi connectivity index (χ0n) is 17.1. The summed E-state index contributed by atoms with van der Waals surface area (Å²) >= 11 is 0. The third-order valence-electron chi connectivity index (χ3n) is 6.24. The minimum Gasteiger partial charge on any atom is -0.469 e. The molecule has 33 heavy (non-hydrogen) atoms. The zero-order chi connectivity index (χ0) is 22.7. The van der Waals surface area contributed by atoms with Gasteiger partial charge in [0, 0.05) is 23.6 Å². The Bertz CT molecular complexity index is 1410. The van der Waals surface area contributed by atoms with Gasteiger partial charge in [-0.2, -0.15) is 18.2 Å². The highest BCUT2D eigenvalue weighted by atomic mass is 19.4. The number of furan rings is 1. The second kappa shape index (κ2) is 7.06. The number of Topliss-reactive ketones (excluding diaryl/α,β-unsaturated/α-hetero) is 1. The fourth-order valence-corrected chi connectivity index (χ4v) is 4.83. The van der Waals surface area contributed by atoms with Gasteiger partial charge in [-0.05, 0) is 34.9 Å². The van der Waals surface area contributed by atoms with Crippen molar-refractivity contribution in [3.05, 3.63) is 89.3 Å². The van der Waals surface area contributed by atoms with Crippen LogP contribution in [0.1, 0.15) is 41.9 Å². The SMILES string of the molecule is O=C1C[C@@H](c2ccco2)CC2=C1[C@@H](c1cccc3ccccc13)n1nc(C(F)(F)F)nc1N2. The maximum absolute atomic E-state index is 13.5. The Morgan fingerprint density at radius 3 is 2.64 bits per heavy atom. The maximum atomic E-state index is 13.5. The molecule has 0 spiro atoms. The normalized spacial score (nSPS) is 20.5. The van der Waals surface area contributed by atoms with Gasteiger partial charge in [0.15, 0.2) is 5.78 Å². The van der Waals surface area contributed by atoms with Gasteiger partial charge in [0.1, 0.15) is 11.8 Å². The zero-order valence-corrected chi connectivity index (χ0v) is 17.1. The number of fused-ring (bicyclic) bond motifs is 2. The summed E-state index contributed by atoms with van der Waals surface area (Å²) in [5.74, 6) is -0.972. The summed E-state index contributed by atoms with van der Waals surface area (Å²) in [5, 5.41) is 8.53. The Morgan fingerprint density at radius 1 is 1.03 bits per heavy atom. The first-order chi connectivity index (χ1) is 15.9. The van der Waals surface area contributed by atoms with Gasteiger partial charge in [-0.1, -0.05) is 42.5 Å². The number of carbonyl (C=O) groups is 1. The number of halogens is 3. The van der Waals surface area contributed by atoms with Gasteiger partial charge in [0.05, 0.1) is 6.26 Å². The molecule has 9 heteroatoms. The van der Waals surface area contributed by atoms with Crippen molar-refractivity contribution in [2.45, 2.75) is 31.0 Å². The summed E-state index contributed by atoms with van der Waals surface area (Å²) in [6.45, 7) is 0. The summed E-state index contributed by atoms with van der Waals surface area (Å²) < 4.78 is 47.2. The molecule has 1 aliphatic heterocycles. The van der Waals surface area contributed by atoms with Crippen molar-refractivity contribution in [3.8, 4) is 0 Å². The minimum atomic E-state index is -4.71. The van der Waals surface area contributed by atoms with Crippen LogP contribution in [-0.2, 0) is 11.0 Å². The van der Waals surface area contributed by atoms with E-state index in [1.54, 1.807) is 18.4 Å². The van der Waals surface area contributed by atoms with Crippen molar-refractivity contribution >= 4 is 22.5 Å². The molecule has 2 aromatic carbocycles. The van der Waals surface area contributed by atoms with E-state index in [4.69, 9.17) is 4.42 Å². The first kappa shape index (κ1) is 19.8. The number of carbonyl (C=O) groups excluding carboxylic acids is 1. The van der Waals surface area contributed by atoms with Gasteiger partial charge in [-0.25, -0.2) is 4.68 Å². The van der Waals surface area contributed by atoms with Crippen molar-refractivity contribution in [3.63, 3.8) is 0 Å². The number of anilines is 1. The van der Waals surface area contributed by atoms with Crippen LogP contribution in [-0.4, -0.2) is 20.5 Å². The molecule has 6 rings (SSSR count). The highest BCUT2D eigenvalue weighted by Gasteiger charge is 2.44. The molecule has 3 heterocycles. The molecular formula is C24H17F3N4O2. The standard InChI is InChI=1S/C24H17F3N4O2/c25-24(26,27)22-29-23-28-17-11-14(19-9-4-10-33-19)12-18(32)20(17)21(31(23)30-22)16-8-3-6-13-5-1-2-7-15(13)16/h1-10,14,21H,11-12H2,(H,28,29,30)/t14-,21+/m0/s1. The van der Waals surface area contributed by atoms with E-state index in [0.29, 0.717) is 29.0 Å². The molecule has 0 bridgehead atoms. The number of benzene rings is 2. The average molecular weight is 450 g/mol. The van der Waals surface area contributed by atoms with Crippen LogP contribution in [0.3, 0.4) is 0 Å². The predicted octanol–water partition coefficient (Wildman–Crippen LogP) is 5.46. The van der Waals surface area contributed by atoms with Crippen molar-refractivity contribution in [2.75, 3.05) is 5.32 Å². The van der Waals surface area contributed by atoms with Gasteiger partial charge in [0.25, 0.3) is 5.82 Å². The second-order valence-corrected chi connectivity index (χ2v) is 8.23. The minimum absolute atomic E-state index is 0.0353. The molecule has 0 saturated heterocycles. The molecule has 6 nitrogen and oxygen atoms in total. The number of hydrogen-bond donors (Lipinski definition) is 1. The molecule has 0 unspecified atom stereocenters. The van der Waals surface area contributed by atoms with E-state index < -0.39 is 18.0 Å². The number of allylic oxidation sites excluding steroid dienone is 2. The number of nitrogens with one attached hydrogen (secondary N) is 1. The molecule has 2 aliphatic rings. The molecule has 0 amide bonds. The number of rotatable bonds is 2. The van der Waals surface area contributed by atoms with E-state index in [-0.39, 0.29) is 24.1 Å². The van der Waals surface area contributed by atoms with Crippen LogP contribution in [0.5, 0.6) is 0 Å².